The molecule has 1 aromatic rings. The molecule has 1 N–H and O–H groups in total. The molecule has 0 aliphatic rings. The van der Waals surface area contributed by atoms with Gasteiger partial charge < -0.3 is 5.32 Å². The van der Waals surface area contributed by atoms with Gasteiger partial charge in [-0.3, -0.25) is 4.79 Å². The van der Waals surface area contributed by atoms with Gasteiger partial charge in [0.2, 0.25) is 0 Å². The number of halogens is 3. The van der Waals surface area contributed by atoms with Crippen LogP contribution in [0.15, 0.2) is 16.6 Å². The van der Waals surface area contributed by atoms with Crippen molar-refractivity contribution in [2.45, 2.75) is 39.5 Å². The fraction of sp³-hybridized carbons (Fsp3) is 0.533. The maximum absolute atomic E-state index is 13.6. The van der Waals surface area contributed by atoms with Gasteiger partial charge >= 0.3 is 0 Å². The van der Waals surface area contributed by atoms with E-state index in [1.54, 1.807) is 0 Å². The third-order valence-electron chi connectivity index (χ3n) is 3.33. The van der Waals surface area contributed by atoms with Gasteiger partial charge in [0.25, 0.3) is 5.91 Å². The zero-order valence-corrected chi connectivity index (χ0v) is 13.4. The number of nitrogens with one attached hydrogen (secondary N) is 1. The molecule has 1 aromatic carbocycles. The Morgan fingerprint density at radius 1 is 1.30 bits per heavy atom. The highest BCUT2D eigenvalue weighted by molar-refractivity contribution is 9.10. The molecule has 2 nitrogen and oxygen atoms in total. The molecule has 112 valence electrons. The number of carbonyl (C=O) groups is 1. The van der Waals surface area contributed by atoms with Crippen LogP contribution in [0, 0.1) is 17.6 Å². The monoisotopic (exact) mass is 347 g/mol. The van der Waals surface area contributed by atoms with Gasteiger partial charge in [-0.25, -0.2) is 8.78 Å². The van der Waals surface area contributed by atoms with Crippen molar-refractivity contribution in [2.75, 3.05) is 6.54 Å². The first kappa shape index (κ1) is 17.1. The van der Waals surface area contributed by atoms with E-state index in [4.69, 9.17) is 0 Å². The van der Waals surface area contributed by atoms with E-state index in [0.717, 1.165) is 37.8 Å². The summed E-state index contributed by atoms with van der Waals surface area (Å²) in [5.41, 5.74) is -0.515. The highest BCUT2D eigenvalue weighted by Gasteiger charge is 2.19. The van der Waals surface area contributed by atoms with Crippen LogP contribution in [0.3, 0.4) is 0 Å². The van der Waals surface area contributed by atoms with Crippen molar-refractivity contribution in [3.63, 3.8) is 0 Å². The summed E-state index contributed by atoms with van der Waals surface area (Å²) in [5, 5.41) is 2.63. The topological polar surface area (TPSA) is 29.1 Å². The van der Waals surface area contributed by atoms with Gasteiger partial charge in [0.05, 0.1) is 0 Å². The molecule has 0 aliphatic carbocycles. The third kappa shape index (κ3) is 4.85. The van der Waals surface area contributed by atoms with Gasteiger partial charge in [0.1, 0.15) is 17.2 Å². The zero-order valence-electron chi connectivity index (χ0n) is 11.8. The average Bonchev–Trinajstić information content (AvgIpc) is 2.37. The summed E-state index contributed by atoms with van der Waals surface area (Å²) in [7, 11) is 0. The van der Waals surface area contributed by atoms with Crippen molar-refractivity contribution in [3.05, 3.63) is 33.8 Å². The Morgan fingerprint density at radius 2 is 1.90 bits per heavy atom. The Morgan fingerprint density at radius 3 is 2.40 bits per heavy atom. The molecule has 0 heterocycles. The van der Waals surface area contributed by atoms with Crippen LogP contribution >= 0.6 is 15.9 Å². The standard InChI is InChI=1S/C15H20BrF2NO/c1-3-5-6-10(4-2)9-19-15(20)14-12(17)7-11(16)8-13(14)18/h7-8,10H,3-6,9H2,1-2H3,(H,19,20). The first-order valence-electron chi connectivity index (χ1n) is 6.92. The summed E-state index contributed by atoms with van der Waals surface area (Å²) < 4.78 is 27.6. The van der Waals surface area contributed by atoms with Crippen molar-refractivity contribution in [2.24, 2.45) is 5.92 Å². The van der Waals surface area contributed by atoms with E-state index >= 15 is 0 Å². The lowest BCUT2D eigenvalue weighted by Crippen LogP contribution is -2.30. The number of carbonyl (C=O) groups excluding carboxylic acids is 1. The zero-order chi connectivity index (χ0) is 15.1. The van der Waals surface area contributed by atoms with Crippen molar-refractivity contribution in [3.8, 4) is 0 Å². The van der Waals surface area contributed by atoms with E-state index in [-0.39, 0.29) is 4.47 Å². The fourth-order valence-corrected chi connectivity index (χ4v) is 2.43. The molecule has 1 amide bonds. The molecule has 0 aromatic heterocycles. The lowest BCUT2D eigenvalue weighted by atomic mass is 9.99. The minimum atomic E-state index is -0.851. The minimum Gasteiger partial charge on any atom is -0.352 e. The molecule has 1 unspecified atom stereocenters. The van der Waals surface area contributed by atoms with E-state index in [0.29, 0.717) is 12.5 Å². The number of unbranched alkanes of at least 4 members (excludes halogenated alkanes) is 1. The highest BCUT2D eigenvalue weighted by atomic mass is 79.9. The second kappa shape index (κ2) is 8.35. The molecule has 0 saturated heterocycles. The molecule has 1 atom stereocenters. The largest absolute Gasteiger partial charge is 0.352 e. The molecule has 0 fully saturated rings. The summed E-state index contributed by atoms with van der Waals surface area (Å²) in [6, 6.07) is 2.18. The van der Waals surface area contributed by atoms with Crippen LogP contribution in [0.1, 0.15) is 49.9 Å². The Hall–Kier alpha value is -0.970. The van der Waals surface area contributed by atoms with Gasteiger partial charge in [-0.1, -0.05) is 49.0 Å². The van der Waals surface area contributed by atoms with Crippen LogP contribution in [0.5, 0.6) is 0 Å². The number of rotatable bonds is 7. The van der Waals surface area contributed by atoms with Crippen LogP contribution in [0.2, 0.25) is 0 Å². The maximum atomic E-state index is 13.6. The molecule has 20 heavy (non-hydrogen) atoms. The summed E-state index contributed by atoms with van der Waals surface area (Å²) in [6.07, 6.45) is 4.14. The smallest absolute Gasteiger partial charge is 0.257 e. The second-order valence-corrected chi connectivity index (χ2v) is 5.79. The Bertz CT molecular complexity index is 442. The highest BCUT2D eigenvalue weighted by Crippen LogP contribution is 2.19. The van der Waals surface area contributed by atoms with Gasteiger partial charge in [-0.2, -0.15) is 0 Å². The van der Waals surface area contributed by atoms with E-state index in [2.05, 4.69) is 28.2 Å². The molecular formula is C15H20BrF2NO. The Kier molecular flexibility index (Phi) is 7.13. The summed E-state index contributed by atoms with van der Waals surface area (Å²) in [5.74, 6) is -2.05. The molecule has 1 rings (SSSR count). The van der Waals surface area contributed by atoms with Gasteiger partial charge in [-0.05, 0) is 24.5 Å². The predicted molar refractivity (Wildman–Crippen MR) is 79.7 cm³/mol. The van der Waals surface area contributed by atoms with Gasteiger partial charge in [0, 0.05) is 11.0 Å². The molecule has 0 saturated carbocycles. The quantitative estimate of drug-likeness (QED) is 0.762. The molecule has 0 aliphatic heterocycles. The maximum Gasteiger partial charge on any atom is 0.257 e. The van der Waals surface area contributed by atoms with Crippen LogP contribution in [-0.2, 0) is 0 Å². The van der Waals surface area contributed by atoms with Crippen LogP contribution < -0.4 is 5.32 Å². The summed E-state index contributed by atoms with van der Waals surface area (Å²) >= 11 is 2.99. The van der Waals surface area contributed by atoms with E-state index in [1.807, 2.05) is 6.92 Å². The van der Waals surface area contributed by atoms with Gasteiger partial charge in [0.15, 0.2) is 0 Å². The molecule has 0 radical (unpaired) electrons. The average molecular weight is 348 g/mol. The SMILES string of the molecule is CCCCC(CC)CNC(=O)c1c(F)cc(Br)cc1F. The predicted octanol–water partition coefficient (Wildman–Crippen LogP) is 4.67. The van der Waals surface area contributed by atoms with Crippen LogP contribution in [0.25, 0.3) is 0 Å². The molecular weight excluding hydrogens is 328 g/mol. The normalized spacial score (nSPS) is 12.2. The van der Waals surface area contributed by atoms with Crippen molar-refractivity contribution >= 4 is 21.8 Å². The second-order valence-electron chi connectivity index (χ2n) is 4.87. The number of hydrogen-bond donors (Lipinski definition) is 1. The summed E-state index contributed by atoms with van der Waals surface area (Å²) in [4.78, 5) is 11.9. The van der Waals surface area contributed by atoms with Crippen molar-refractivity contribution in [1.29, 1.82) is 0 Å². The molecule has 0 bridgehead atoms. The Labute approximate surface area is 127 Å². The first-order chi connectivity index (χ1) is 9.49. The molecule has 5 heteroatoms. The number of hydrogen-bond acceptors (Lipinski definition) is 1. The van der Waals surface area contributed by atoms with E-state index in [1.165, 1.54) is 0 Å². The lowest BCUT2D eigenvalue weighted by Gasteiger charge is -2.15. The minimum absolute atomic E-state index is 0.276. The van der Waals surface area contributed by atoms with Crippen LogP contribution in [0.4, 0.5) is 8.78 Å². The van der Waals surface area contributed by atoms with Crippen molar-refractivity contribution < 1.29 is 13.6 Å². The third-order valence-corrected chi connectivity index (χ3v) is 3.79. The Balaban J connectivity index is 2.67. The van der Waals surface area contributed by atoms with Crippen LogP contribution in [-0.4, -0.2) is 12.5 Å². The number of benzene rings is 1. The van der Waals surface area contributed by atoms with E-state index in [9.17, 15) is 13.6 Å². The fourth-order valence-electron chi connectivity index (χ4n) is 2.03. The van der Waals surface area contributed by atoms with E-state index < -0.39 is 23.1 Å². The summed E-state index contributed by atoms with van der Waals surface area (Å²) in [6.45, 7) is 4.61. The van der Waals surface area contributed by atoms with Crippen molar-refractivity contribution in [1.82, 2.24) is 5.32 Å². The lowest BCUT2D eigenvalue weighted by molar-refractivity contribution is 0.0937. The first-order valence-corrected chi connectivity index (χ1v) is 7.71. The molecule has 0 spiro atoms. The van der Waals surface area contributed by atoms with Gasteiger partial charge in [-0.15, -0.1) is 0 Å². The number of amides is 1.